The summed E-state index contributed by atoms with van der Waals surface area (Å²) in [5.74, 6) is -2.52. The number of anilines is 1. The molecule has 0 saturated carbocycles. The number of amides is 1. The van der Waals surface area contributed by atoms with Crippen LogP contribution in [-0.2, 0) is 9.59 Å². The van der Waals surface area contributed by atoms with Gasteiger partial charge < -0.3 is 9.84 Å². The number of rotatable bonds is 4. The predicted octanol–water partition coefficient (Wildman–Crippen LogP) is 4.99. The summed E-state index contributed by atoms with van der Waals surface area (Å²) in [6.45, 7) is 0. The number of carbonyl (C=O) groups excluding carboxylic acids is 2. The van der Waals surface area contributed by atoms with Crippen LogP contribution in [0.15, 0.2) is 72.3 Å². The fourth-order valence-electron chi connectivity index (χ4n) is 3.77. The topological polar surface area (TPSA) is 90.6 Å². The molecule has 8 heteroatoms. The molecule has 1 saturated heterocycles. The van der Waals surface area contributed by atoms with Gasteiger partial charge in [-0.3, -0.25) is 14.5 Å². The zero-order valence-electron chi connectivity index (χ0n) is 17.3. The largest absolute Gasteiger partial charge is 0.507 e. The maximum atomic E-state index is 13.6. The molecule has 4 rings (SSSR count). The summed E-state index contributed by atoms with van der Waals surface area (Å²) in [5.41, 5.74) is 1.05. The van der Waals surface area contributed by atoms with Gasteiger partial charge in [-0.25, -0.2) is 4.39 Å². The summed E-state index contributed by atoms with van der Waals surface area (Å²) in [6.07, 6.45) is 0. The minimum Gasteiger partial charge on any atom is -0.507 e. The van der Waals surface area contributed by atoms with Crippen molar-refractivity contribution >= 4 is 34.7 Å². The van der Waals surface area contributed by atoms with Gasteiger partial charge in [0.25, 0.3) is 11.7 Å². The Morgan fingerprint density at radius 2 is 1.76 bits per heavy atom. The van der Waals surface area contributed by atoms with Gasteiger partial charge in [-0.2, -0.15) is 5.26 Å². The van der Waals surface area contributed by atoms with Gasteiger partial charge in [0, 0.05) is 10.7 Å². The number of carbonyl (C=O) groups is 2. The van der Waals surface area contributed by atoms with Crippen LogP contribution in [-0.4, -0.2) is 23.9 Å². The number of nitrogens with zero attached hydrogens (tertiary/aromatic N) is 2. The Kier molecular flexibility index (Phi) is 5.86. The smallest absolute Gasteiger partial charge is 0.300 e. The molecule has 164 valence electrons. The molecule has 33 heavy (non-hydrogen) atoms. The molecular weight excluding hydrogens is 447 g/mol. The Labute approximate surface area is 193 Å². The number of ketones is 1. The highest BCUT2D eigenvalue weighted by atomic mass is 35.5. The number of halogens is 2. The molecule has 0 aromatic heterocycles. The maximum absolute atomic E-state index is 13.6. The molecule has 3 aromatic rings. The Hall–Kier alpha value is -4.15. The van der Waals surface area contributed by atoms with E-state index in [0.29, 0.717) is 16.8 Å². The third kappa shape index (κ3) is 3.93. The Balaban J connectivity index is 1.97. The van der Waals surface area contributed by atoms with Crippen LogP contribution in [0, 0.1) is 17.1 Å². The van der Waals surface area contributed by atoms with Gasteiger partial charge in [0.15, 0.2) is 0 Å². The second-order valence-electron chi connectivity index (χ2n) is 7.22. The molecule has 0 radical (unpaired) electrons. The minimum atomic E-state index is -1.05. The third-order valence-corrected chi connectivity index (χ3v) is 5.56. The van der Waals surface area contributed by atoms with Crippen LogP contribution < -0.4 is 9.64 Å². The van der Waals surface area contributed by atoms with Crippen molar-refractivity contribution in [2.45, 2.75) is 6.04 Å². The normalized spacial score (nSPS) is 17.2. The standard InChI is InChI=1S/C25H16ClFN2O4/c1-33-20-11-6-16(26)12-19(20)23(30)21-22(15-4-7-17(27)8-5-15)29(25(32)24(21)31)18-9-2-14(13-28)3-10-18/h2-12,22,30H,1H3/b23-21+. The van der Waals surface area contributed by atoms with Crippen molar-refractivity contribution in [1.82, 2.24) is 0 Å². The Morgan fingerprint density at radius 3 is 2.36 bits per heavy atom. The molecule has 1 aliphatic rings. The second-order valence-corrected chi connectivity index (χ2v) is 7.66. The summed E-state index contributed by atoms with van der Waals surface area (Å²) < 4.78 is 18.9. The molecule has 1 atom stereocenters. The fraction of sp³-hybridized carbons (Fsp3) is 0.0800. The lowest BCUT2D eigenvalue weighted by Gasteiger charge is -2.25. The van der Waals surface area contributed by atoms with E-state index < -0.39 is 29.3 Å². The molecule has 1 amide bonds. The van der Waals surface area contributed by atoms with Crippen LogP contribution in [0.25, 0.3) is 5.76 Å². The second kappa shape index (κ2) is 8.77. The van der Waals surface area contributed by atoms with E-state index in [2.05, 4.69) is 0 Å². The summed E-state index contributed by atoms with van der Waals surface area (Å²) in [7, 11) is 1.40. The number of nitriles is 1. The lowest BCUT2D eigenvalue weighted by molar-refractivity contribution is -0.132. The van der Waals surface area contributed by atoms with Gasteiger partial charge in [-0.15, -0.1) is 0 Å². The van der Waals surface area contributed by atoms with Crippen LogP contribution in [0.3, 0.4) is 0 Å². The predicted molar refractivity (Wildman–Crippen MR) is 120 cm³/mol. The summed E-state index contributed by atoms with van der Waals surface area (Å²) in [4.78, 5) is 27.5. The van der Waals surface area contributed by atoms with Crippen LogP contribution in [0.1, 0.15) is 22.7 Å². The van der Waals surface area contributed by atoms with Crippen LogP contribution in [0.2, 0.25) is 5.02 Å². The van der Waals surface area contributed by atoms with E-state index in [4.69, 9.17) is 21.6 Å². The van der Waals surface area contributed by atoms with E-state index in [1.54, 1.807) is 6.07 Å². The Bertz CT molecular complexity index is 1330. The first-order valence-electron chi connectivity index (χ1n) is 9.76. The number of methoxy groups -OCH3 is 1. The van der Waals surface area contributed by atoms with Crippen molar-refractivity contribution in [2.24, 2.45) is 0 Å². The monoisotopic (exact) mass is 462 g/mol. The van der Waals surface area contributed by atoms with E-state index in [1.807, 2.05) is 6.07 Å². The third-order valence-electron chi connectivity index (χ3n) is 5.32. The molecule has 3 aromatic carbocycles. The molecule has 6 nitrogen and oxygen atoms in total. The van der Waals surface area contributed by atoms with Crippen LogP contribution in [0.5, 0.6) is 5.75 Å². The number of benzene rings is 3. The van der Waals surface area contributed by atoms with Gasteiger partial charge in [-0.1, -0.05) is 23.7 Å². The van der Waals surface area contributed by atoms with E-state index >= 15 is 0 Å². The van der Waals surface area contributed by atoms with Gasteiger partial charge in [0.2, 0.25) is 0 Å². The first-order chi connectivity index (χ1) is 15.8. The van der Waals surface area contributed by atoms with Gasteiger partial charge in [-0.05, 0) is 60.2 Å². The highest BCUT2D eigenvalue weighted by molar-refractivity contribution is 6.51. The molecular formula is C25H16ClFN2O4. The van der Waals surface area contributed by atoms with E-state index in [-0.39, 0.29) is 21.9 Å². The molecule has 1 fully saturated rings. The SMILES string of the molecule is COc1ccc(Cl)cc1/C(O)=C1\C(=O)C(=O)N(c2ccc(C#N)cc2)C1c1ccc(F)cc1. The van der Waals surface area contributed by atoms with Crippen molar-refractivity contribution in [2.75, 3.05) is 12.0 Å². The van der Waals surface area contributed by atoms with Crippen molar-refractivity contribution in [1.29, 1.82) is 5.26 Å². The minimum absolute atomic E-state index is 0.134. The van der Waals surface area contributed by atoms with E-state index in [0.717, 1.165) is 0 Å². The number of hydrogen-bond acceptors (Lipinski definition) is 5. The maximum Gasteiger partial charge on any atom is 0.300 e. The molecule has 1 aliphatic heterocycles. The lowest BCUT2D eigenvalue weighted by atomic mass is 9.94. The van der Waals surface area contributed by atoms with Crippen molar-refractivity contribution < 1.29 is 23.8 Å². The lowest BCUT2D eigenvalue weighted by Crippen LogP contribution is -2.29. The average molecular weight is 463 g/mol. The molecule has 1 heterocycles. The van der Waals surface area contributed by atoms with Gasteiger partial charge in [0.05, 0.1) is 35.9 Å². The summed E-state index contributed by atoms with van der Waals surface area (Å²) in [5, 5.41) is 20.6. The average Bonchev–Trinajstić information content (AvgIpc) is 3.09. The first kappa shape index (κ1) is 22.1. The van der Waals surface area contributed by atoms with Crippen molar-refractivity contribution in [3.63, 3.8) is 0 Å². The number of ether oxygens (including phenoxy) is 1. The highest BCUT2D eigenvalue weighted by Gasteiger charge is 2.47. The fourth-order valence-corrected chi connectivity index (χ4v) is 3.94. The zero-order chi connectivity index (χ0) is 23.7. The number of aliphatic hydroxyl groups excluding tert-OH is 1. The van der Waals surface area contributed by atoms with Crippen molar-refractivity contribution in [3.8, 4) is 11.8 Å². The molecule has 1 N–H and O–H groups in total. The molecule has 0 spiro atoms. The van der Waals surface area contributed by atoms with Crippen LogP contribution in [0.4, 0.5) is 10.1 Å². The molecule has 0 aliphatic carbocycles. The van der Waals surface area contributed by atoms with E-state index in [9.17, 15) is 19.1 Å². The van der Waals surface area contributed by atoms with Gasteiger partial charge >= 0.3 is 0 Å². The summed E-state index contributed by atoms with van der Waals surface area (Å²) >= 11 is 6.09. The van der Waals surface area contributed by atoms with E-state index in [1.165, 1.54) is 72.7 Å². The number of hydrogen-bond donors (Lipinski definition) is 1. The first-order valence-corrected chi connectivity index (χ1v) is 10.1. The highest BCUT2D eigenvalue weighted by Crippen LogP contribution is 2.43. The number of Topliss-reactive ketones (excluding diaryl/α,β-unsaturated/α-hetero) is 1. The summed E-state index contributed by atoms with van der Waals surface area (Å²) in [6, 6.07) is 16.8. The van der Waals surface area contributed by atoms with Crippen LogP contribution >= 0.6 is 11.6 Å². The molecule has 1 unspecified atom stereocenters. The van der Waals surface area contributed by atoms with Gasteiger partial charge in [0.1, 0.15) is 17.3 Å². The number of aliphatic hydroxyl groups is 1. The zero-order valence-corrected chi connectivity index (χ0v) is 18.0. The quantitative estimate of drug-likeness (QED) is 0.335. The molecule has 0 bridgehead atoms. The van der Waals surface area contributed by atoms with Crippen molar-refractivity contribution in [3.05, 3.63) is 99.8 Å². The Morgan fingerprint density at radius 1 is 1.09 bits per heavy atom.